The van der Waals surface area contributed by atoms with Gasteiger partial charge in [-0.05, 0) is 24.1 Å². The molecule has 0 bridgehead atoms. The number of aromatic amines is 1. The number of aromatic nitrogens is 4. The third-order valence-electron chi connectivity index (χ3n) is 5.19. The zero-order valence-corrected chi connectivity index (χ0v) is 17.6. The van der Waals surface area contributed by atoms with Gasteiger partial charge in [0.15, 0.2) is 5.65 Å². The van der Waals surface area contributed by atoms with Crippen LogP contribution in [-0.2, 0) is 19.5 Å². The van der Waals surface area contributed by atoms with Crippen LogP contribution in [0.25, 0.3) is 11.2 Å². The number of hydrogen-bond donors (Lipinski definition) is 1. The van der Waals surface area contributed by atoms with Crippen molar-refractivity contribution in [3.8, 4) is 5.75 Å². The van der Waals surface area contributed by atoms with Gasteiger partial charge in [0, 0.05) is 13.0 Å². The van der Waals surface area contributed by atoms with Crippen LogP contribution in [0.1, 0.15) is 31.2 Å². The number of rotatable bonds is 9. The lowest BCUT2D eigenvalue weighted by molar-refractivity contribution is 0.292. The molecule has 2 aromatic carbocycles. The molecule has 2 aromatic heterocycles. The summed E-state index contributed by atoms with van der Waals surface area (Å²) in [5, 5.41) is 0. The molecule has 7 heteroatoms. The van der Waals surface area contributed by atoms with E-state index in [1.807, 2.05) is 60.7 Å². The first kappa shape index (κ1) is 20.7. The van der Waals surface area contributed by atoms with Crippen molar-refractivity contribution in [1.29, 1.82) is 0 Å². The number of hydrogen-bond acceptors (Lipinski definition) is 4. The van der Waals surface area contributed by atoms with Gasteiger partial charge < -0.3 is 9.72 Å². The number of imidazole rings is 1. The van der Waals surface area contributed by atoms with Gasteiger partial charge in [0.2, 0.25) is 0 Å². The molecular formula is C24H26N4O3. The summed E-state index contributed by atoms with van der Waals surface area (Å²) in [5.74, 6) is 1.37. The fraction of sp³-hybridized carbons (Fsp3) is 0.292. The Kier molecular flexibility index (Phi) is 6.31. The van der Waals surface area contributed by atoms with Crippen molar-refractivity contribution in [2.75, 3.05) is 6.61 Å². The van der Waals surface area contributed by atoms with Crippen LogP contribution >= 0.6 is 0 Å². The standard InChI is InChI=1S/C24H26N4O3/c1-2-3-14-27-22-21(25-20(26-22)17-18-10-6-4-7-11-18)23(29)28(24(27)30)15-16-31-19-12-8-5-9-13-19/h4-13H,2-3,14-17H2,1H3,(H,25,26). The van der Waals surface area contributed by atoms with Gasteiger partial charge in [0.1, 0.15) is 23.7 Å². The molecule has 0 unspecified atom stereocenters. The Morgan fingerprint density at radius 2 is 1.65 bits per heavy atom. The van der Waals surface area contributed by atoms with Crippen molar-refractivity contribution in [3.63, 3.8) is 0 Å². The minimum Gasteiger partial charge on any atom is -0.492 e. The van der Waals surface area contributed by atoms with Gasteiger partial charge in [-0.2, -0.15) is 0 Å². The molecule has 0 aliphatic heterocycles. The molecule has 1 N–H and O–H groups in total. The number of aryl methyl sites for hydroxylation is 1. The normalized spacial score (nSPS) is 11.1. The summed E-state index contributed by atoms with van der Waals surface area (Å²) in [6, 6.07) is 19.3. The highest BCUT2D eigenvalue weighted by Gasteiger charge is 2.17. The largest absolute Gasteiger partial charge is 0.492 e. The monoisotopic (exact) mass is 418 g/mol. The van der Waals surface area contributed by atoms with E-state index in [-0.39, 0.29) is 24.4 Å². The summed E-state index contributed by atoms with van der Waals surface area (Å²) < 4.78 is 8.55. The van der Waals surface area contributed by atoms with Crippen LogP contribution in [0.4, 0.5) is 0 Å². The predicted molar refractivity (Wildman–Crippen MR) is 121 cm³/mol. The Bertz CT molecular complexity index is 1260. The summed E-state index contributed by atoms with van der Waals surface area (Å²) in [6.07, 6.45) is 2.33. The Labute approximate surface area is 180 Å². The first-order chi connectivity index (χ1) is 15.2. The summed E-state index contributed by atoms with van der Waals surface area (Å²) in [4.78, 5) is 34.0. The molecule has 0 fully saturated rings. The number of para-hydroxylation sites is 1. The lowest BCUT2D eigenvalue weighted by atomic mass is 10.1. The van der Waals surface area contributed by atoms with Gasteiger partial charge in [-0.3, -0.25) is 13.9 Å². The number of H-pyrrole nitrogens is 1. The number of benzene rings is 2. The Balaban J connectivity index is 1.68. The summed E-state index contributed by atoms with van der Waals surface area (Å²) in [6.45, 7) is 2.98. The summed E-state index contributed by atoms with van der Waals surface area (Å²) in [5.41, 5.74) is 1.16. The topological polar surface area (TPSA) is 81.9 Å². The molecule has 0 amide bonds. The second-order valence-electron chi connectivity index (χ2n) is 7.45. The molecule has 0 aliphatic carbocycles. The third-order valence-corrected chi connectivity index (χ3v) is 5.19. The molecule has 7 nitrogen and oxygen atoms in total. The second kappa shape index (κ2) is 9.47. The Morgan fingerprint density at radius 3 is 2.35 bits per heavy atom. The van der Waals surface area contributed by atoms with Crippen LogP contribution in [0.3, 0.4) is 0 Å². The van der Waals surface area contributed by atoms with Crippen molar-refractivity contribution >= 4 is 11.2 Å². The van der Waals surface area contributed by atoms with E-state index in [0.717, 1.165) is 18.4 Å². The van der Waals surface area contributed by atoms with E-state index in [2.05, 4.69) is 16.9 Å². The highest BCUT2D eigenvalue weighted by atomic mass is 16.5. The third kappa shape index (κ3) is 4.60. The van der Waals surface area contributed by atoms with Crippen molar-refractivity contribution in [1.82, 2.24) is 19.1 Å². The first-order valence-electron chi connectivity index (χ1n) is 10.6. The van der Waals surface area contributed by atoms with E-state index in [1.54, 1.807) is 4.57 Å². The van der Waals surface area contributed by atoms with E-state index in [9.17, 15) is 9.59 Å². The summed E-state index contributed by atoms with van der Waals surface area (Å²) >= 11 is 0. The second-order valence-corrected chi connectivity index (χ2v) is 7.45. The van der Waals surface area contributed by atoms with Crippen LogP contribution in [0.2, 0.25) is 0 Å². The number of fused-ring (bicyclic) bond motifs is 1. The van der Waals surface area contributed by atoms with Crippen LogP contribution in [0.15, 0.2) is 70.3 Å². The zero-order valence-electron chi connectivity index (χ0n) is 17.6. The molecule has 2 heterocycles. The van der Waals surface area contributed by atoms with Gasteiger partial charge in [-0.1, -0.05) is 61.9 Å². The molecule has 4 aromatic rings. The quantitative estimate of drug-likeness (QED) is 0.452. The van der Waals surface area contributed by atoms with Crippen LogP contribution in [-0.4, -0.2) is 25.7 Å². The van der Waals surface area contributed by atoms with Crippen molar-refractivity contribution in [2.45, 2.75) is 39.3 Å². The van der Waals surface area contributed by atoms with Gasteiger partial charge >= 0.3 is 5.69 Å². The smallest absolute Gasteiger partial charge is 0.332 e. The minimum absolute atomic E-state index is 0.168. The Hall–Kier alpha value is -3.61. The summed E-state index contributed by atoms with van der Waals surface area (Å²) in [7, 11) is 0. The zero-order chi connectivity index (χ0) is 21.6. The molecule has 0 aliphatic rings. The fourth-order valence-electron chi connectivity index (χ4n) is 3.57. The molecule has 4 rings (SSSR count). The van der Waals surface area contributed by atoms with Crippen LogP contribution in [0.5, 0.6) is 5.75 Å². The van der Waals surface area contributed by atoms with Crippen molar-refractivity contribution in [3.05, 3.63) is 92.9 Å². The number of nitrogens with one attached hydrogen (secondary N) is 1. The average Bonchev–Trinajstić information content (AvgIpc) is 3.21. The molecule has 0 radical (unpaired) electrons. The maximum atomic E-state index is 13.1. The van der Waals surface area contributed by atoms with E-state index < -0.39 is 0 Å². The molecule has 0 saturated heterocycles. The SMILES string of the molecule is CCCCn1c(=O)n(CCOc2ccccc2)c(=O)c2[nH]c(Cc3ccccc3)nc21. The van der Waals surface area contributed by atoms with Crippen molar-refractivity contribution in [2.24, 2.45) is 0 Å². The highest BCUT2D eigenvalue weighted by Crippen LogP contribution is 2.12. The van der Waals surface area contributed by atoms with Gasteiger partial charge in [-0.25, -0.2) is 9.78 Å². The number of unbranched alkanes of at least 4 members (excludes halogenated alkanes) is 1. The fourth-order valence-corrected chi connectivity index (χ4v) is 3.57. The molecular weight excluding hydrogens is 392 g/mol. The molecule has 0 atom stereocenters. The van der Waals surface area contributed by atoms with Gasteiger partial charge in [0.05, 0.1) is 6.54 Å². The van der Waals surface area contributed by atoms with Crippen LogP contribution in [0, 0.1) is 0 Å². The molecule has 160 valence electrons. The van der Waals surface area contributed by atoms with Crippen molar-refractivity contribution < 1.29 is 4.74 Å². The number of ether oxygens (including phenoxy) is 1. The minimum atomic E-state index is -0.365. The maximum absolute atomic E-state index is 13.1. The van der Waals surface area contributed by atoms with E-state index in [4.69, 9.17) is 4.74 Å². The Morgan fingerprint density at radius 1 is 0.935 bits per heavy atom. The molecule has 0 spiro atoms. The average molecular weight is 418 g/mol. The first-order valence-corrected chi connectivity index (χ1v) is 10.6. The molecule has 31 heavy (non-hydrogen) atoms. The van der Waals surface area contributed by atoms with E-state index >= 15 is 0 Å². The molecule has 0 saturated carbocycles. The lowest BCUT2D eigenvalue weighted by Crippen LogP contribution is -2.41. The van der Waals surface area contributed by atoms with Gasteiger partial charge in [0.25, 0.3) is 5.56 Å². The van der Waals surface area contributed by atoms with Gasteiger partial charge in [-0.15, -0.1) is 0 Å². The number of nitrogens with zero attached hydrogens (tertiary/aromatic N) is 3. The highest BCUT2D eigenvalue weighted by molar-refractivity contribution is 5.70. The lowest BCUT2D eigenvalue weighted by Gasteiger charge is -2.11. The maximum Gasteiger partial charge on any atom is 0.332 e. The van der Waals surface area contributed by atoms with E-state index in [0.29, 0.717) is 35.7 Å². The van der Waals surface area contributed by atoms with E-state index in [1.165, 1.54) is 4.57 Å². The van der Waals surface area contributed by atoms with Crippen LogP contribution < -0.4 is 16.0 Å². The predicted octanol–water partition coefficient (Wildman–Crippen LogP) is 3.36.